The van der Waals surface area contributed by atoms with Crippen LogP contribution in [0.2, 0.25) is 5.02 Å². The van der Waals surface area contributed by atoms with E-state index in [2.05, 4.69) is 27.0 Å². The highest BCUT2D eigenvalue weighted by Gasteiger charge is 2.08. The van der Waals surface area contributed by atoms with Crippen molar-refractivity contribution in [2.24, 2.45) is 0 Å². The maximum Gasteiger partial charge on any atom is 0.136 e. The molecule has 0 aliphatic rings. The Labute approximate surface area is 142 Å². The van der Waals surface area contributed by atoms with Crippen LogP contribution in [0.3, 0.4) is 0 Å². The van der Waals surface area contributed by atoms with E-state index >= 15 is 0 Å². The highest BCUT2D eigenvalue weighted by atomic mass is 79.9. The number of hydrogen-bond donors (Lipinski definition) is 2. The lowest BCUT2D eigenvalue weighted by Crippen LogP contribution is -3.00. The largest absolute Gasteiger partial charge is 1.00 e. The molecule has 0 radical (unpaired) electrons. The molecule has 3 aromatic rings. The summed E-state index contributed by atoms with van der Waals surface area (Å²) >= 11 is 9.62. The Kier molecular flexibility index (Phi) is 5.12. The first-order valence-corrected chi connectivity index (χ1v) is 7.38. The maximum absolute atomic E-state index is 6.07. The van der Waals surface area contributed by atoms with Gasteiger partial charge in [-0.1, -0.05) is 29.8 Å². The van der Waals surface area contributed by atoms with Crippen molar-refractivity contribution >= 4 is 55.4 Å². The van der Waals surface area contributed by atoms with E-state index < -0.39 is 0 Å². The van der Waals surface area contributed by atoms with E-state index in [-0.39, 0.29) is 12.4 Å². The summed E-state index contributed by atoms with van der Waals surface area (Å²) in [5, 5.41) is 6.34. The number of fused-ring (bicyclic) bond motifs is 1. The minimum Gasteiger partial charge on any atom is -1.00 e. The van der Waals surface area contributed by atoms with Crippen molar-refractivity contribution in [3.8, 4) is 0 Å². The molecule has 0 heterocycles. The van der Waals surface area contributed by atoms with Crippen molar-refractivity contribution in [3.63, 3.8) is 0 Å². The Morgan fingerprint density at radius 1 is 0.905 bits per heavy atom. The second-order valence-electron chi connectivity index (χ2n) is 4.57. The van der Waals surface area contributed by atoms with Gasteiger partial charge in [-0.3, -0.25) is 0 Å². The van der Waals surface area contributed by atoms with Crippen molar-refractivity contribution < 1.29 is 18.1 Å². The minimum absolute atomic E-state index is 0. The van der Waals surface area contributed by atoms with Crippen LogP contribution in [0.1, 0.15) is 0 Å². The fraction of sp³-hybridized carbons (Fsp3) is 0. The third-order valence-electron chi connectivity index (χ3n) is 3.21. The zero-order chi connectivity index (χ0) is 14.1. The summed E-state index contributed by atoms with van der Waals surface area (Å²) in [6.07, 6.45) is 0. The Bertz CT molecular complexity index is 790. The summed E-state index contributed by atoms with van der Waals surface area (Å²) in [4.78, 5) is 0. The van der Waals surface area contributed by atoms with Crippen molar-refractivity contribution in [1.29, 1.82) is 0 Å². The molecule has 3 aromatic carbocycles. The zero-order valence-electron chi connectivity index (χ0n) is 11.0. The van der Waals surface area contributed by atoms with Crippen LogP contribution >= 0.6 is 27.5 Å². The van der Waals surface area contributed by atoms with Gasteiger partial charge in [-0.05, 0) is 46.3 Å². The molecule has 3 rings (SSSR count). The van der Waals surface area contributed by atoms with Crippen molar-refractivity contribution in [2.45, 2.75) is 0 Å². The Balaban J connectivity index is 0.00000161. The highest BCUT2D eigenvalue weighted by Crippen LogP contribution is 2.33. The van der Waals surface area contributed by atoms with E-state index in [9.17, 15) is 0 Å². The van der Waals surface area contributed by atoms with Gasteiger partial charge in [0.15, 0.2) is 0 Å². The zero-order valence-corrected chi connectivity index (χ0v) is 14.1. The van der Waals surface area contributed by atoms with E-state index in [1.54, 1.807) is 0 Å². The highest BCUT2D eigenvalue weighted by molar-refractivity contribution is 9.10. The van der Waals surface area contributed by atoms with Crippen LogP contribution in [0.15, 0.2) is 59.1 Å². The number of hydrogen-bond acceptors (Lipinski definition) is 1. The summed E-state index contributed by atoms with van der Waals surface area (Å²) in [5.74, 6) is 0. The first-order valence-electron chi connectivity index (χ1n) is 6.21. The van der Waals surface area contributed by atoms with Crippen molar-refractivity contribution in [3.05, 3.63) is 64.1 Å². The Morgan fingerprint density at radius 3 is 2.43 bits per heavy atom. The van der Waals surface area contributed by atoms with Crippen LogP contribution in [-0.2, 0) is 0 Å². The van der Waals surface area contributed by atoms with Crippen LogP contribution < -0.4 is 23.5 Å². The minimum atomic E-state index is 0. The molecule has 0 bridgehead atoms. The molecule has 0 aromatic heterocycles. The molecule has 0 aliphatic heterocycles. The molecule has 0 atom stereocenters. The number of quaternary nitrogens is 1. The van der Waals surface area contributed by atoms with Crippen LogP contribution in [0.5, 0.6) is 0 Å². The summed E-state index contributed by atoms with van der Waals surface area (Å²) in [7, 11) is 0. The van der Waals surface area contributed by atoms with E-state index in [0.717, 1.165) is 37.3 Å². The first-order chi connectivity index (χ1) is 9.65. The van der Waals surface area contributed by atoms with Gasteiger partial charge in [0.1, 0.15) is 5.69 Å². The number of halogens is 3. The third-order valence-corrected chi connectivity index (χ3v) is 4.14. The third kappa shape index (κ3) is 3.33. The number of anilines is 2. The van der Waals surface area contributed by atoms with Gasteiger partial charge in [-0.2, -0.15) is 0 Å². The van der Waals surface area contributed by atoms with Crippen LogP contribution in [0, 0.1) is 0 Å². The molecule has 2 nitrogen and oxygen atoms in total. The lowest BCUT2D eigenvalue weighted by Gasteiger charge is -2.12. The second kappa shape index (κ2) is 6.67. The maximum atomic E-state index is 6.07. The predicted molar refractivity (Wildman–Crippen MR) is 88.9 cm³/mol. The second-order valence-corrected chi connectivity index (χ2v) is 5.86. The summed E-state index contributed by atoms with van der Waals surface area (Å²) in [6, 6.07) is 17.9. The van der Waals surface area contributed by atoms with E-state index in [1.807, 2.05) is 54.6 Å². The van der Waals surface area contributed by atoms with Gasteiger partial charge in [-0.25, -0.2) is 0 Å². The fourth-order valence-electron chi connectivity index (χ4n) is 2.20. The molecule has 4 N–H and O–H groups in total. The van der Waals surface area contributed by atoms with Gasteiger partial charge in [0.05, 0.1) is 5.69 Å². The Hall–Kier alpha value is -1.26. The monoisotopic (exact) mass is 382 g/mol. The summed E-state index contributed by atoms with van der Waals surface area (Å²) < 4.78 is 1.03. The molecule has 0 amide bonds. The average molecular weight is 384 g/mol. The number of rotatable bonds is 2. The number of para-hydroxylation sites is 1. The summed E-state index contributed by atoms with van der Waals surface area (Å²) in [6.45, 7) is 0. The molecule has 0 saturated heterocycles. The van der Waals surface area contributed by atoms with Crippen LogP contribution in [-0.4, -0.2) is 0 Å². The normalized spacial score (nSPS) is 10.2. The number of nitrogens with one attached hydrogen (secondary N) is 1. The van der Waals surface area contributed by atoms with Gasteiger partial charge in [0.2, 0.25) is 0 Å². The number of benzene rings is 3. The van der Waals surface area contributed by atoms with E-state index in [0.29, 0.717) is 0 Å². The predicted octanol–water partition coefficient (Wildman–Crippen LogP) is 1.88. The quantitative estimate of drug-likeness (QED) is 0.696. The fourth-order valence-corrected chi connectivity index (χ4v) is 2.75. The summed E-state index contributed by atoms with van der Waals surface area (Å²) in [5.41, 5.74) is 7.10. The van der Waals surface area contributed by atoms with Gasteiger partial charge in [0.25, 0.3) is 0 Å². The van der Waals surface area contributed by atoms with Crippen LogP contribution in [0.25, 0.3) is 10.8 Å². The molecular weight excluding hydrogens is 371 g/mol. The molecule has 5 heteroatoms. The standard InChI is InChI=1S/C16H12BrClN2.ClH/c17-13-3-1-2-4-16(13)20-15-8-7-14(19)12-9-10(18)5-6-11(12)15;/h1-9,20H,19H2;1H. The van der Waals surface area contributed by atoms with E-state index in [1.165, 1.54) is 0 Å². The molecule has 0 unspecified atom stereocenters. The SMILES string of the molecule is [Cl-].[NH3+]c1ccc(Nc2ccccc2Br)c2ccc(Cl)cc12. The Morgan fingerprint density at radius 2 is 1.67 bits per heavy atom. The van der Waals surface area contributed by atoms with E-state index in [4.69, 9.17) is 11.6 Å². The lowest BCUT2D eigenvalue weighted by atomic mass is 10.1. The van der Waals surface area contributed by atoms with Crippen molar-refractivity contribution in [1.82, 2.24) is 0 Å². The van der Waals surface area contributed by atoms with Gasteiger partial charge in [0, 0.05) is 32.0 Å². The topological polar surface area (TPSA) is 39.7 Å². The van der Waals surface area contributed by atoms with Gasteiger partial charge in [-0.15, -0.1) is 0 Å². The lowest BCUT2D eigenvalue weighted by molar-refractivity contribution is -0.252. The van der Waals surface area contributed by atoms with Crippen LogP contribution in [0.4, 0.5) is 17.1 Å². The smallest absolute Gasteiger partial charge is 0.136 e. The molecular formula is C16H13BrCl2N2. The molecule has 108 valence electrons. The van der Waals surface area contributed by atoms with Gasteiger partial charge >= 0.3 is 0 Å². The average Bonchev–Trinajstić information content (AvgIpc) is 2.44. The molecule has 21 heavy (non-hydrogen) atoms. The molecule has 0 saturated carbocycles. The molecule has 0 spiro atoms. The van der Waals surface area contributed by atoms with Crippen molar-refractivity contribution in [2.75, 3.05) is 5.32 Å². The molecule has 0 fully saturated rings. The van der Waals surface area contributed by atoms with Gasteiger partial charge < -0.3 is 23.5 Å². The first kappa shape index (κ1) is 16.1. The molecule has 0 aliphatic carbocycles.